The molecule has 2 aromatic rings. The number of hydrogen-bond donors (Lipinski definition) is 3. The maximum Gasteiger partial charge on any atom is 0.337 e. The lowest BCUT2D eigenvalue weighted by atomic mass is 10.0. The fourth-order valence-electron chi connectivity index (χ4n) is 2.15. The number of rotatable bonds is 4. The molecule has 25 heavy (non-hydrogen) atoms. The molecule has 0 aromatic heterocycles. The van der Waals surface area contributed by atoms with Crippen LogP contribution in [0.2, 0.25) is 0 Å². The topological polar surface area (TPSA) is 78.4 Å². The molecule has 130 valence electrons. The molecule has 3 N–H and O–H groups in total. The molecule has 2 rings (SSSR count). The van der Waals surface area contributed by atoms with E-state index in [0.717, 1.165) is 5.56 Å². The van der Waals surface area contributed by atoms with Crippen molar-refractivity contribution in [1.82, 2.24) is 5.32 Å². The number of nitrogens with one attached hydrogen (secondary N) is 2. The van der Waals surface area contributed by atoms with E-state index in [1.165, 1.54) is 6.07 Å². The van der Waals surface area contributed by atoms with Gasteiger partial charge in [0.15, 0.2) is 5.11 Å². The van der Waals surface area contributed by atoms with Crippen LogP contribution in [0, 0.1) is 0 Å². The number of thiocarbonyl (C=S) groups is 1. The minimum atomic E-state index is -1.10. The van der Waals surface area contributed by atoms with Gasteiger partial charge in [-0.15, -0.1) is 0 Å². The first-order valence-corrected chi connectivity index (χ1v) is 8.73. The maximum atomic E-state index is 12.2. The van der Waals surface area contributed by atoms with E-state index >= 15 is 0 Å². The summed E-state index contributed by atoms with van der Waals surface area (Å²) in [5, 5.41) is 14.6. The van der Waals surface area contributed by atoms with Gasteiger partial charge in [0, 0.05) is 10.0 Å². The molecule has 0 heterocycles. The van der Waals surface area contributed by atoms with Crippen molar-refractivity contribution in [3.05, 3.63) is 63.6 Å². The summed E-state index contributed by atoms with van der Waals surface area (Å²) in [6.07, 6.45) is 0. The van der Waals surface area contributed by atoms with Crippen molar-refractivity contribution in [3.8, 4) is 0 Å². The van der Waals surface area contributed by atoms with Crippen molar-refractivity contribution in [2.24, 2.45) is 0 Å². The number of amides is 1. The van der Waals surface area contributed by atoms with Crippen molar-refractivity contribution >= 4 is 50.8 Å². The van der Waals surface area contributed by atoms with Gasteiger partial charge in [-0.25, -0.2) is 4.79 Å². The van der Waals surface area contributed by atoms with Crippen molar-refractivity contribution in [3.63, 3.8) is 0 Å². The molecule has 0 saturated carbocycles. The van der Waals surface area contributed by atoms with E-state index in [9.17, 15) is 14.7 Å². The van der Waals surface area contributed by atoms with E-state index in [1.807, 2.05) is 12.1 Å². The summed E-state index contributed by atoms with van der Waals surface area (Å²) < 4.78 is 0.635. The zero-order valence-corrected chi connectivity index (χ0v) is 16.1. The monoisotopic (exact) mass is 420 g/mol. The van der Waals surface area contributed by atoms with E-state index in [4.69, 9.17) is 12.2 Å². The first-order valence-electron chi connectivity index (χ1n) is 7.53. The Hall–Kier alpha value is -2.25. The third-order valence-electron chi connectivity index (χ3n) is 3.53. The zero-order chi connectivity index (χ0) is 18.6. The predicted octanol–water partition coefficient (Wildman–Crippen LogP) is 4.40. The van der Waals surface area contributed by atoms with Crippen LogP contribution in [0.4, 0.5) is 5.69 Å². The molecule has 0 aliphatic rings. The third-order valence-corrected chi connectivity index (χ3v) is 4.22. The van der Waals surface area contributed by atoms with E-state index in [2.05, 4.69) is 40.4 Å². The van der Waals surface area contributed by atoms with Gasteiger partial charge in [0.1, 0.15) is 0 Å². The molecule has 0 radical (unpaired) electrons. The van der Waals surface area contributed by atoms with E-state index in [-0.39, 0.29) is 16.6 Å². The summed E-state index contributed by atoms with van der Waals surface area (Å²) in [6.45, 7) is 4.15. The predicted molar refractivity (Wildman–Crippen MR) is 105 cm³/mol. The SMILES string of the molecule is CC(C)c1ccc(C(=O)NC(=S)Nc2ccc(Br)cc2C(=O)O)cc1. The van der Waals surface area contributed by atoms with Crippen molar-refractivity contribution in [1.29, 1.82) is 0 Å². The molecular weight excluding hydrogens is 404 g/mol. The van der Waals surface area contributed by atoms with Crippen molar-refractivity contribution in [2.45, 2.75) is 19.8 Å². The lowest BCUT2D eigenvalue weighted by molar-refractivity contribution is 0.0697. The highest BCUT2D eigenvalue weighted by Gasteiger charge is 2.13. The Labute approximate surface area is 159 Å². The summed E-state index contributed by atoms with van der Waals surface area (Å²) in [5.41, 5.74) is 1.96. The smallest absolute Gasteiger partial charge is 0.337 e. The van der Waals surface area contributed by atoms with Crippen LogP contribution >= 0.6 is 28.1 Å². The third kappa shape index (κ3) is 5.11. The Kier molecular flexibility index (Phi) is 6.27. The van der Waals surface area contributed by atoms with Crippen molar-refractivity contribution < 1.29 is 14.7 Å². The van der Waals surface area contributed by atoms with Gasteiger partial charge in [-0.3, -0.25) is 10.1 Å². The number of aromatic carboxylic acids is 1. The summed E-state index contributed by atoms with van der Waals surface area (Å²) in [6, 6.07) is 12.0. The summed E-state index contributed by atoms with van der Waals surface area (Å²) >= 11 is 8.33. The van der Waals surface area contributed by atoms with E-state index < -0.39 is 5.97 Å². The molecule has 0 bridgehead atoms. The summed E-state index contributed by atoms with van der Waals surface area (Å²) in [4.78, 5) is 23.5. The lowest BCUT2D eigenvalue weighted by Crippen LogP contribution is -2.34. The quantitative estimate of drug-likeness (QED) is 0.638. The van der Waals surface area contributed by atoms with Crippen LogP contribution < -0.4 is 10.6 Å². The number of benzene rings is 2. The molecule has 5 nitrogen and oxygen atoms in total. The largest absolute Gasteiger partial charge is 0.478 e. The lowest BCUT2D eigenvalue weighted by Gasteiger charge is -2.12. The van der Waals surface area contributed by atoms with Gasteiger partial charge < -0.3 is 10.4 Å². The second kappa shape index (κ2) is 8.22. The Balaban J connectivity index is 2.07. The Morgan fingerprint density at radius 1 is 1.12 bits per heavy atom. The molecule has 0 aliphatic carbocycles. The standard InChI is InChI=1S/C18H17BrN2O3S/c1-10(2)11-3-5-12(6-4-11)16(22)21-18(25)20-15-8-7-13(19)9-14(15)17(23)24/h3-10H,1-2H3,(H,23,24)(H2,20,21,22,25). The van der Waals surface area contributed by atoms with Gasteiger partial charge in [0.05, 0.1) is 11.3 Å². The van der Waals surface area contributed by atoms with Crippen LogP contribution in [0.1, 0.15) is 46.0 Å². The van der Waals surface area contributed by atoms with E-state index in [0.29, 0.717) is 21.6 Å². The average Bonchev–Trinajstić information content (AvgIpc) is 2.56. The molecule has 0 unspecified atom stereocenters. The fraction of sp³-hybridized carbons (Fsp3) is 0.167. The highest BCUT2D eigenvalue weighted by Crippen LogP contribution is 2.21. The average molecular weight is 421 g/mol. The normalized spacial score (nSPS) is 10.4. The van der Waals surface area contributed by atoms with Gasteiger partial charge in [0.25, 0.3) is 5.91 Å². The first-order chi connectivity index (χ1) is 11.8. The van der Waals surface area contributed by atoms with Gasteiger partial charge in [-0.1, -0.05) is 41.9 Å². The molecule has 1 amide bonds. The molecule has 0 aliphatic heterocycles. The van der Waals surface area contributed by atoms with Gasteiger partial charge in [-0.05, 0) is 54.0 Å². The van der Waals surface area contributed by atoms with Crippen LogP contribution in [0.25, 0.3) is 0 Å². The van der Waals surface area contributed by atoms with Gasteiger partial charge >= 0.3 is 5.97 Å². The Morgan fingerprint density at radius 2 is 1.76 bits per heavy atom. The summed E-state index contributed by atoms with van der Waals surface area (Å²) in [5.74, 6) is -1.07. The fourth-order valence-corrected chi connectivity index (χ4v) is 2.71. The maximum absolute atomic E-state index is 12.2. The number of carbonyl (C=O) groups excluding carboxylic acids is 1. The number of carboxylic acids is 1. The highest BCUT2D eigenvalue weighted by molar-refractivity contribution is 9.10. The van der Waals surface area contributed by atoms with Crippen LogP contribution in [0.3, 0.4) is 0 Å². The molecule has 0 atom stereocenters. The molecule has 0 spiro atoms. The molecule has 0 saturated heterocycles. The van der Waals surface area contributed by atoms with E-state index in [1.54, 1.807) is 24.3 Å². The molecule has 0 fully saturated rings. The zero-order valence-electron chi connectivity index (χ0n) is 13.7. The number of carbonyl (C=O) groups is 2. The number of halogens is 1. The Morgan fingerprint density at radius 3 is 2.32 bits per heavy atom. The number of carboxylic acid groups (broad SMARTS) is 1. The summed E-state index contributed by atoms with van der Waals surface area (Å²) in [7, 11) is 0. The minimum absolute atomic E-state index is 0.0303. The molecule has 2 aromatic carbocycles. The Bertz CT molecular complexity index is 820. The van der Waals surface area contributed by atoms with Gasteiger partial charge in [-0.2, -0.15) is 0 Å². The minimum Gasteiger partial charge on any atom is -0.478 e. The van der Waals surface area contributed by atoms with Crippen molar-refractivity contribution in [2.75, 3.05) is 5.32 Å². The first kappa shape index (κ1) is 19.1. The number of hydrogen-bond acceptors (Lipinski definition) is 3. The van der Waals surface area contributed by atoms with Gasteiger partial charge in [0.2, 0.25) is 0 Å². The molecular formula is C18H17BrN2O3S. The van der Waals surface area contributed by atoms with Crippen LogP contribution in [-0.4, -0.2) is 22.1 Å². The highest BCUT2D eigenvalue weighted by atomic mass is 79.9. The van der Waals surface area contributed by atoms with Crippen LogP contribution in [0.15, 0.2) is 46.9 Å². The number of anilines is 1. The second-order valence-corrected chi connectivity index (χ2v) is 7.00. The van der Waals surface area contributed by atoms with Crippen LogP contribution in [0.5, 0.6) is 0 Å². The molecule has 7 heteroatoms. The second-order valence-electron chi connectivity index (χ2n) is 5.68. The van der Waals surface area contributed by atoms with Crippen LogP contribution in [-0.2, 0) is 0 Å².